The number of amides is 1. The van der Waals surface area contributed by atoms with Gasteiger partial charge in [-0.1, -0.05) is 30.3 Å². The summed E-state index contributed by atoms with van der Waals surface area (Å²) in [5.74, 6) is -0.767. The van der Waals surface area contributed by atoms with E-state index < -0.39 is 18.1 Å². The number of fused-ring (bicyclic) bond motifs is 2. The largest absolute Gasteiger partial charge is 0.377 e. The van der Waals surface area contributed by atoms with Crippen LogP contribution in [0.1, 0.15) is 42.9 Å². The molecule has 1 aliphatic carbocycles. The molecule has 4 atom stereocenters. The number of ether oxygens (including phenoxy) is 2. The number of aryl methyl sites for hydroxylation is 1. The average molecular weight is 535 g/mol. The number of nitriles is 1. The summed E-state index contributed by atoms with van der Waals surface area (Å²) in [6.45, 7) is 4.78. The number of carbonyl (C=O) groups is 1. The Morgan fingerprint density at radius 2 is 2.00 bits per heavy atom. The van der Waals surface area contributed by atoms with Crippen LogP contribution in [-0.4, -0.2) is 75.5 Å². The SMILES string of the molecule is CO[C@H]1CO[C@H](C(=O)N[C@H](C#N)Cc2ccc(-c3ccc4c(c3)C3(CC4)CCN(C)CC3)cc2F)CN[C@@H]1C. The van der Waals surface area contributed by atoms with Gasteiger partial charge in [0.2, 0.25) is 0 Å². The first-order valence-corrected chi connectivity index (χ1v) is 14.0. The molecule has 2 saturated heterocycles. The summed E-state index contributed by atoms with van der Waals surface area (Å²) in [4.78, 5) is 15.2. The molecule has 2 aromatic rings. The van der Waals surface area contributed by atoms with Gasteiger partial charge in [-0.2, -0.15) is 5.26 Å². The van der Waals surface area contributed by atoms with Crippen molar-refractivity contribution in [3.63, 3.8) is 0 Å². The first kappa shape index (κ1) is 27.7. The second kappa shape index (κ2) is 11.7. The Labute approximate surface area is 230 Å². The molecule has 3 aliphatic rings. The van der Waals surface area contributed by atoms with Gasteiger partial charge in [0.15, 0.2) is 0 Å². The first-order chi connectivity index (χ1) is 18.8. The predicted molar refractivity (Wildman–Crippen MR) is 148 cm³/mol. The van der Waals surface area contributed by atoms with Gasteiger partial charge >= 0.3 is 0 Å². The minimum Gasteiger partial charge on any atom is -0.377 e. The Morgan fingerprint density at radius 1 is 1.26 bits per heavy atom. The molecule has 0 saturated carbocycles. The number of nitrogens with zero attached hydrogens (tertiary/aromatic N) is 2. The average Bonchev–Trinajstić information content (AvgIpc) is 3.17. The van der Waals surface area contributed by atoms with E-state index in [1.807, 2.05) is 13.0 Å². The van der Waals surface area contributed by atoms with Crippen LogP contribution in [0.15, 0.2) is 36.4 Å². The van der Waals surface area contributed by atoms with E-state index in [-0.39, 0.29) is 36.4 Å². The molecule has 1 spiro atoms. The molecule has 208 valence electrons. The zero-order chi connectivity index (χ0) is 27.6. The number of hydrogen-bond donors (Lipinski definition) is 2. The van der Waals surface area contributed by atoms with E-state index in [0.717, 1.165) is 30.6 Å². The molecule has 2 aromatic carbocycles. The number of piperidine rings is 1. The molecule has 5 rings (SSSR count). The molecule has 0 radical (unpaired) electrons. The van der Waals surface area contributed by atoms with Gasteiger partial charge in [0.05, 0.1) is 18.8 Å². The van der Waals surface area contributed by atoms with Crippen molar-refractivity contribution < 1.29 is 18.7 Å². The summed E-state index contributed by atoms with van der Waals surface area (Å²) in [6.07, 6.45) is 3.81. The highest BCUT2D eigenvalue weighted by Gasteiger charge is 2.40. The van der Waals surface area contributed by atoms with Gasteiger partial charge in [0.25, 0.3) is 5.91 Å². The smallest absolute Gasteiger partial charge is 0.251 e. The topological polar surface area (TPSA) is 86.6 Å². The van der Waals surface area contributed by atoms with Crippen molar-refractivity contribution in [2.24, 2.45) is 0 Å². The van der Waals surface area contributed by atoms with Crippen molar-refractivity contribution in [1.82, 2.24) is 15.5 Å². The van der Waals surface area contributed by atoms with Crippen molar-refractivity contribution in [2.45, 2.75) is 68.7 Å². The van der Waals surface area contributed by atoms with Gasteiger partial charge in [0.1, 0.15) is 18.0 Å². The van der Waals surface area contributed by atoms with Crippen LogP contribution in [0.2, 0.25) is 0 Å². The fraction of sp³-hybridized carbons (Fsp3) is 0.548. The Balaban J connectivity index is 1.26. The van der Waals surface area contributed by atoms with Crippen molar-refractivity contribution in [1.29, 1.82) is 5.26 Å². The Hall–Kier alpha value is -2.83. The molecule has 0 aromatic heterocycles. The monoisotopic (exact) mass is 534 g/mol. The summed E-state index contributed by atoms with van der Waals surface area (Å²) in [5.41, 5.74) is 5.34. The third-order valence-corrected chi connectivity index (χ3v) is 9.02. The third kappa shape index (κ3) is 5.87. The molecular formula is C31H39FN4O3. The fourth-order valence-electron chi connectivity index (χ4n) is 6.33. The molecule has 0 unspecified atom stereocenters. The van der Waals surface area contributed by atoms with Crippen LogP contribution >= 0.6 is 0 Å². The number of likely N-dealkylation sites (tertiary alicyclic amines) is 1. The van der Waals surface area contributed by atoms with Crippen LogP contribution in [0.5, 0.6) is 0 Å². The van der Waals surface area contributed by atoms with Gasteiger partial charge < -0.3 is 25.0 Å². The number of hydrogen-bond acceptors (Lipinski definition) is 6. The van der Waals surface area contributed by atoms with Gasteiger partial charge in [-0.3, -0.25) is 4.79 Å². The molecule has 2 aliphatic heterocycles. The highest BCUT2D eigenvalue weighted by molar-refractivity contribution is 5.81. The van der Waals surface area contributed by atoms with Crippen molar-refractivity contribution in [3.8, 4) is 17.2 Å². The Morgan fingerprint density at radius 3 is 2.72 bits per heavy atom. The number of rotatable bonds is 6. The molecule has 2 heterocycles. The number of methoxy groups -OCH3 is 1. The zero-order valence-electron chi connectivity index (χ0n) is 23.1. The van der Waals surface area contributed by atoms with Gasteiger partial charge in [-0.05, 0) is 92.0 Å². The molecule has 8 heteroatoms. The van der Waals surface area contributed by atoms with Crippen LogP contribution in [-0.2, 0) is 32.5 Å². The molecule has 2 fully saturated rings. The lowest BCUT2D eigenvalue weighted by atomic mass is 9.73. The number of nitrogens with one attached hydrogen (secondary N) is 2. The maximum atomic E-state index is 15.3. The van der Waals surface area contributed by atoms with E-state index in [1.54, 1.807) is 19.2 Å². The minimum atomic E-state index is -0.871. The lowest BCUT2D eigenvalue weighted by molar-refractivity contribution is -0.133. The molecular weight excluding hydrogens is 495 g/mol. The van der Waals surface area contributed by atoms with E-state index in [9.17, 15) is 10.1 Å². The number of halogens is 1. The number of carbonyl (C=O) groups excluding carboxylic acids is 1. The predicted octanol–water partition coefficient (Wildman–Crippen LogP) is 3.35. The maximum Gasteiger partial charge on any atom is 0.251 e. The quantitative estimate of drug-likeness (QED) is 0.591. The van der Waals surface area contributed by atoms with Crippen LogP contribution < -0.4 is 10.6 Å². The van der Waals surface area contributed by atoms with Gasteiger partial charge in [-0.15, -0.1) is 0 Å². The molecule has 7 nitrogen and oxygen atoms in total. The van der Waals surface area contributed by atoms with Crippen LogP contribution in [0.3, 0.4) is 0 Å². The number of benzene rings is 2. The van der Waals surface area contributed by atoms with Gasteiger partial charge in [-0.25, -0.2) is 4.39 Å². The normalized spacial score (nSPS) is 25.5. The summed E-state index contributed by atoms with van der Waals surface area (Å²) in [5, 5.41) is 15.6. The Kier molecular flexibility index (Phi) is 8.34. The lowest BCUT2D eigenvalue weighted by Gasteiger charge is -2.39. The highest BCUT2D eigenvalue weighted by Crippen LogP contribution is 2.47. The van der Waals surface area contributed by atoms with E-state index in [2.05, 4.69) is 46.8 Å². The molecule has 1 amide bonds. The van der Waals surface area contributed by atoms with Crippen molar-refractivity contribution in [3.05, 3.63) is 58.9 Å². The summed E-state index contributed by atoms with van der Waals surface area (Å²) in [6, 6.07) is 13.0. The second-order valence-corrected chi connectivity index (χ2v) is 11.4. The highest BCUT2D eigenvalue weighted by atomic mass is 19.1. The molecule has 39 heavy (non-hydrogen) atoms. The fourth-order valence-corrected chi connectivity index (χ4v) is 6.33. The lowest BCUT2D eigenvalue weighted by Crippen LogP contribution is -2.46. The molecule has 0 bridgehead atoms. The first-order valence-electron chi connectivity index (χ1n) is 14.0. The third-order valence-electron chi connectivity index (χ3n) is 9.02. The van der Waals surface area contributed by atoms with Crippen molar-refractivity contribution >= 4 is 5.91 Å². The second-order valence-electron chi connectivity index (χ2n) is 11.4. The Bertz CT molecular complexity index is 1240. The summed E-state index contributed by atoms with van der Waals surface area (Å²) < 4.78 is 26.4. The van der Waals surface area contributed by atoms with E-state index in [0.29, 0.717) is 12.1 Å². The van der Waals surface area contributed by atoms with E-state index >= 15 is 4.39 Å². The van der Waals surface area contributed by atoms with E-state index in [4.69, 9.17) is 9.47 Å². The van der Waals surface area contributed by atoms with Crippen LogP contribution in [0.4, 0.5) is 4.39 Å². The van der Waals surface area contributed by atoms with Gasteiger partial charge in [0, 0.05) is 26.1 Å². The van der Waals surface area contributed by atoms with Crippen molar-refractivity contribution in [2.75, 3.05) is 40.4 Å². The minimum absolute atomic E-state index is 0.0350. The van der Waals surface area contributed by atoms with E-state index in [1.165, 1.54) is 30.4 Å². The standard InChI is InChI=1S/C31H39FN4O3/c1-20-29(38-3)19-39-28(18-34-20)30(37)35-25(17-33)14-24-7-6-23(16-27(24)32)22-5-4-21-8-9-31(26(21)15-22)10-12-36(2)13-11-31/h4-7,15-16,20,25,28-29,34H,8-14,18-19H2,1-3H3,(H,35,37)/t20-,25+,28+,29+/m1/s1. The van der Waals surface area contributed by atoms with Crippen LogP contribution in [0.25, 0.3) is 11.1 Å². The summed E-state index contributed by atoms with van der Waals surface area (Å²) >= 11 is 0. The maximum absolute atomic E-state index is 15.3. The summed E-state index contributed by atoms with van der Waals surface area (Å²) in [7, 11) is 3.79. The zero-order valence-corrected chi connectivity index (χ0v) is 23.1. The molecule has 2 N–H and O–H groups in total. The van der Waals surface area contributed by atoms with Crippen LogP contribution in [0, 0.1) is 17.1 Å².